The topological polar surface area (TPSA) is 113 Å². The van der Waals surface area contributed by atoms with Crippen LogP contribution in [0.2, 0.25) is 0 Å². The molecule has 0 aliphatic carbocycles. The number of benzene rings is 1. The zero-order valence-corrected chi connectivity index (χ0v) is 14.6. The van der Waals surface area contributed by atoms with E-state index in [0.717, 1.165) is 6.42 Å². The number of carboxylic acid groups (broad SMARTS) is 1. The molecule has 0 saturated heterocycles. The van der Waals surface area contributed by atoms with Gasteiger partial charge in [0.15, 0.2) is 11.6 Å². The van der Waals surface area contributed by atoms with Gasteiger partial charge >= 0.3 is 11.9 Å². The average molecular weight is 390 g/mol. The highest BCUT2D eigenvalue weighted by atomic mass is 32.2. The van der Waals surface area contributed by atoms with Crippen molar-refractivity contribution >= 4 is 33.5 Å². The number of unbranched alkanes of at least 4 members (excludes halogenated alkanes) is 1. The minimum absolute atomic E-state index is 0.116. The Kier molecular flexibility index (Phi) is 5.90. The largest absolute Gasteiger partial charge is 0.480 e. The minimum Gasteiger partial charge on any atom is -0.480 e. The number of carboxylic acids is 1. The first-order valence-electron chi connectivity index (χ1n) is 7.63. The summed E-state index contributed by atoms with van der Waals surface area (Å²) in [7, 11) is -4.53. The first-order valence-corrected chi connectivity index (χ1v) is 9.07. The summed E-state index contributed by atoms with van der Waals surface area (Å²) < 4.78 is 57.3. The van der Waals surface area contributed by atoms with E-state index in [0.29, 0.717) is 22.9 Å². The van der Waals surface area contributed by atoms with Crippen LogP contribution in [0.15, 0.2) is 22.0 Å². The van der Waals surface area contributed by atoms with Crippen molar-refractivity contribution in [2.75, 3.05) is 13.2 Å². The quantitative estimate of drug-likeness (QED) is 0.561. The van der Waals surface area contributed by atoms with E-state index in [1.54, 1.807) is 0 Å². The average Bonchev–Trinajstić information content (AvgIpc) is 2.53. The van der Waals surface area contributed by atoms with Crippen LogP contribution in [-0.2, 0) is 24.3 Å². The summed E-state index contributed by atoms with van der Waals surface area (Å²) in [6.07, 6.45) is 0.739. The summed E-state index contributed by atoms with van der Waals surface area (Å²) in [6.45, 7) is 0.970. The summed E-state index contributed by atoms with van der Waals surface area (Å²) in [6, 6.07) is 0.997. The molecule has 0 spiro atoms. The Hall–Kier alpha value is -2.56. The molecule has 11 heteroatoms. The lowest BCUT2D eigenvalue weighted by molar-refractivity contribution is -0.142. The van der Waals surface area contributed by atoms with Crippen molar-refractivity contribution in [3.05, 3.63) is 23.8 Å². The van der Waals surface area contributed by atoms with Crippen molar-refractivity contribution in [2.24, 2.45) is 4.99 Å². The maximum absolute atomic E-state index is 13.4. The third kappa shape index (κ3) is 4.15. The highest BCUT2D eigenvalue weighted by molar-refractivity contribution is 7.90. The van der Waals surface area contributed by atoms with Gasteiger partial charge < -0.3 is 9.84 Å². The van der Waals surface area contributed by atoms with Crippen LogP contribution < -0.4 is 0 Å². The molecule has 1 aromatic rings. The maximum Gasteiger partial charge on any atom is 0.324 e. The number of carbonyl (C=O) groups excluding carboxylic acids is 1. The summed E-state index contributed by atoms with van der Waals surface area (Å²) in [5.41, 5.74) is -0.415. The van der Waals surface area contributed by atoms with Gasteiger partial charge in [-0.1, -0.05) is 13.3 Å². The van der Waals surface area contributed by atoms with Gasteiger partial charge in [-0.05, 0) is 12.5 Å². The molecular formula is C15H16F2N2O6S. The van der Waals surface area contributed by atoms with Crippen LogP contribution in [0.5, 0.6) is 0 Å². The number of hydrogen-bond acceptors (Lipinski definition) is 6. The Balaban J connectivity index is 2.44. The van der Waals surface area contributed by atoms with Gasteiger partial charge in [-0.25, -0.2) is 26.5 Å². The normalized spacial score (nSPS) is 15.2. The Morgan fingerprint density at radius 3 is 2.54 bits per heavy atom. The van der Waals surface area contributed by atoms with Crippen LogP contribution >= 0.6 is 0 Å². The van der Waals surface area contributed by atoms with E-state index in [2.05, 4.69) is 4.99 Å². The van der Waals surface area contributed by atoms with Crippen molar-refractivity contribution in [1.82, 2.24) is 4.31 Å². The molecule has 0 aromatic heterocycles. The van der Waals surface area contributed by atoms with E-state index >= 15 is 0 Å². The number of aliphatic imine (C=N–C) groups is 1. The lowest BCUT2D eigenvalue weighted by Crippen LogP contribution is -2.43. The first kappa shape index (κ1) is 19.8. The number of halogens is 2. The number of ether oxygens (including phenoxy) is 1. The lowest BCUT2D eigenvalue weighted by atomic mass is 10.3. The monoisotopic (exact) mass is 390 g/mol. The number of sulfonamides is 1. The van der Waals surface area contributed by atoms with Crippen LogP contribution in [0.25, 0.3) is 0 Å². The van der Waals surface area contributed by atoms with Gasteiger partial charge in [-0.15, -0.1) is 0 Å². The molecule has 0 atom stereocenters. The Morgan fingerprint density at radius 2 is 1.92 bits per heavy atom. The van der Waals surface area contributed by atoms with Gasteiger partial charge in [0.2, 0.25) is 0 Å². The van der Waals surface area contributed by atoms with Gasteiger partial charge in [0.05, 0.1) is 12.3 Å². The molecule has 26 heavy (non-hydrogen) atoms. The highest BCUT2D eigenvalue weighted by Gasteiger charge is 2.37. The molecule has 0 fully saturated rings. The molecule has 2 rings (SSSR count). The second-order valence-electron chi connectivity index (χ2n) is 5.42. The fourth-order valence-corrected chi connectivity index (χ4v) is 3.72. The number of hydrogen-bond donors (Lipinski definition) is 1. The van der Waals surface area contributed by atoms with Gasteiger partial charge in [0.25, 0.3) is 10.0 Å². The Bertz CT molecular complexity index is 869. The molecule has 0 radical (unpaired) electrons. The molecule has 1 aliphatic heterocycles. The second-order valence-corrected chi connectivity index (χ2v) is 7.25. The fraction of sp³-hybridized carbons (Fsp3) is 0.400. The molecule has 0 unspecified atom stereocenters. The smallest absolute Gasteiger partial charge is 0.324 e. The number of nitrogens with zero attached hydrogens (tertiary/aromatic N) is 2. The van der Waals surface area contributed by atoms with E-state index in [1.807, 2.05) is 6.92 Å². The zero-order valence-electron chi connectivity index (χ0n) is 13.7. The number of amidine groups is 1. The van der Waals surface area contributed by atoms with Gasteiger partial charge in [-0.2, -0.15) is 0 Å². The minimum atomic E-state index is -4.53. The molecule has 1 heterocycles. The molecular weight excluding hydrogens is 374 g/mol. The molecule has 0 saturated carbocycles. The molecule has 142 valence electrons. The zero-order chi connectivity index (χ0) is 19.5. The van der Waals surface area contributed by atoms with Gasteiger partial charge in [-0.3, -0.25) is 9.59 Å². The number of fused-ring (bicyclic) bond motifs is 1. The summed E-state index contributed by atoms with van der Waals surface area (Å²) in [5.74, 6) is -5.49. The Morgan fingerprint density at radius 1 is 1.27 bits per heavy atom. The first-order chi connectivity index (χ1) is 12.2. The third-order valence-corrected chi connectivity index (χ3v) is 5.25. The van der Waals surface area contributed by atoms with Crippen LogP contribution in [-0.4, -0.2) is 48.8 Å². The van der Waals surface area contributed by atoms with Crippen molar-refractivity contribution in [3.63, 3.8) is 0 Å². The molecule has 0 amide bonds. The lowest BCUT2D eigenvalue weighted by Gasteiger charge is -2.28. The third-order valence-electron chi connectivity index (χ3n) is 3.45. The van der Waals surface area contributed by atoms with Crippen LogP contribution in [0.1, 0.15) is 26.2 Å². The molecule has 8 nitrogen and oxygen atoms in total. The van der Waals surface area contributed by atoms with E-state index in [-0.39, 0.29) is 6.61 Å². The van der Waals surface area contributed by atoms with Crippen LogP contribution in [0.3, 0.4) is 0 Å². The number of aliphatic carboxylic acids is 1. The molecule has 1 N–H and O–H groups in total. The maximum atomic E-state index is 13.4. The summed E-state index contributed by atoms with van der Waals surface area (Å²) in [4.78, 5) is 26.0. The number of rotatable bonds is 7. The van der Waals surface area contributed by atoms with Crippen molar-refractivity contribution in [3.8, 4) is 0 Å². The van der Waals surface area contributed by atoms with Crippen molar-refractivity contribution in [2.45, 2.75) is 31.1 Å². The number of esters is 1. The molecule has 1 aromatic carbocycles. The van der Waals surface area contributed by atoms with Crippen molar-refractivity contribution < 1.29 is 36.6 Å². The summed E-state index contributed by atoms with van der Waals surface area (Å²) in [5, 5.41) is 8.96. The van der Waals surface area contributed by atoms with E-state index < -0.39 is 63.0 Å². The SMILES string of the molecule is CCCCOC(=O)CC1=Nc2cc(F)c(F)cc2S(=O)(=O)N1CC(=O)O. The van der Waals surface area contributed by atoms with Gasteiger partial charge in [0.1, 0.15) is 23.7 Å². The predicted octanol–water partition coefficient (Wildman–Crippen LogP) is 1.82. The van der Waals surface area contributed by atoms with Crippen molar-refractivity contribution in [1.29, 1.82) is 0 Å². The Labute approximate surface area is 148 Å². The number of carbonyl (C=O) groups is 2. The standard InChI is InChI=1S/C15H16F2N2O6S/c1-2-3-4-25-15(22)7-13-18-11-5-9(16)10(17)6-12(11)26(23,24)19(13)8-14(20)21/h5-6H,2-4,7-8H2,1H3,(H,20,21). The molecule has 0 bridgehead atoms. The van der Waals surface area contributed by atoms with E-state index in [1.165, 1.54) is 0 Å². The highest BCUT2D eigenvalue weighted by Crippen LogP contribution is 2.34. The van der Waals surface area contributed by atoms with E-state index in [9.17, 15) is 26.8 Å². The van der Waals surface area contributed by atoms with Crippen LogP contribution in [0.4, 0.5) is 14.5 Å². The predicted molar refractivity (Wildman–Crippen MR) is 85.5 cm³/mol. The summed E-state index contributed by atoms with van der Waals surface area (Å²) >= 11 is 0. The van der Waals surface area contributed by atoms with E-state index in [4.69, 9.17) is 9.84 Å². The van der Waals surface area contributed by atoms with Crippen LogP contribution in [0, 0.1) is 11.6 Å². The fourth-order valence-electron chi connectivity index (χ4n) is 2.20. The molecule has 1 aliphatic rings. The second kappa shape index (κ2) is 7.77. The van der Waals surface area contributed by atoms with Gasteiger partial charge in [0, 0.05) is 6.07 Å².